The van der Waals surface area contributed by atoms with Crippen molar-refractivity contribution in [1.82, 2.24) is 15.2 Å². The van der Waals surface area contributed by atoms with E-state index in [1.54, 1.807) is 12.4 Å². The highest BCUT2D eigenvalue weighted by Gasteiger charge is 2.21. The summed E-state index contributed by atoms with van der Waals surface area (Å²) in [6.07, 6.45) is 3.31. The van der Waals surface area contributed by atoms with Crippen molar-refractivity contribution in [3.63, 3.8) is 0 Å². The smallest absolute Gasteiger partial charge is 0.252 e. The molecule has 0 aliphatic carbocycles. The minimum Gasteiger partial charge on any atom is -0.350 e. The Kier molecular flexibility index (Phi) is 4.88. The van der Waals surface area contributed by atoms with Gasteiger partial charge in [0.2, 0.25) is 0 Å². The van der Waals surface area contributed by atoms with Crippen LogP contribution in [0.3, 0.4) is 0 Å². The van der Waals surface area contributed by atoms with E-state index in [0.717, 1.165) is 3.57 Å². The van der Waals surface area contributed by atoms with Crippen molar-refractivity contribution in [3.05, 3.63) is 27.6 Å². The van der Waals surface area contributed by atoms with Gasteiger partial charge in [0.1, 0.15) is 0 Å². The lowest BCUT2D eigenvalue weighted by Crippen LogP contribution is -2.48. The molecule has 5 heteroatoms. The molecule has 0 aliphatic rings. The zero-order valence-corrected chi connectivity index (χ0v) is 12.8. The van der Waals surface area contributed by atoms with Gasteiger partial charge < -0.3 is 10.2 Å². The van der Waals surface area contributed by atoms with Gasteiger partial charge in [-0.25, -0.2) is 0 Å². The first-order chi connectivity index (χ1) is 7.83. The first-order valence-electron chi connectivity index (χ1n) is 5.39. The summed E-state index contributed by atoms with van der Waals surface area (Å²) in [7, 11) is 4.00. The summed E-state index contributed by atoms with van der Waals surface area (Å²) in [5.41, 5.74) is 0.539. The van der Waals surface area contributed by atoms with Gasteiger partial charge in [0.15, 0.2) is 0 Å². The topological polar surface area (TPSA) is 45.2 Å². The Morgan fingerprint density at radius 1 is 1.47 bits per heavy atom. The van der Waals surface area contributed by atoms with Crippen LogP contribution in [0.25, 0.3) is 0 Å². The minimum atomic E-state index is -0.0778. The molecule has 0 spiro atoms. The van der Waals surface area contributed by atoms with Gasteiger partial charge in [-0.2, -0.15) is 0 Å². The summed E-state index contributed by atoms with van der Waals surface area (Å²) in [5, 5.41) is 2.92. The molecule has 1 aromatic rings. The summed E-state index contributed by atoms with van der Waals surface area (Å²) in [5.74, 6) is -0.0778. The van der Waals surface area contributed by atoms with Crippen LogP contribution in [0.1, 0.15) is 24.2 Å². The molecule has 17 heavy (non-hydrogen) atoms. The van der Waals surface area contributed by atoms with Crippen molar-refractivity contribution in [2.45, 2.75) is 19.4 Å². The van der Waals surface area contributed by atoms with E-state index in [0.29, 0.717) is 12.1 Å². The Balaban J connectivity index is 2.62. The summed E-state index contributed by atoms with van der Waals surface area (Å²) in [6.45, 7) is 4.77. The van der Waals surface area contributed by atoms with Crippen LogP contribution in [-0.4, -0.2) is 42.0 Å². The fourth-order valence-electron chi connectivity index (χ4n) is 1.09. The van der Waals surface area contributed by atoms with E-state index in [1.165, 1.54) is 0 Å². The highest BCUT2D eigenvalue weighted by Crippen LogP contribution is 2.09. The first-order valence-corrected chi connectivity index (χ1v) is 6.47. The Morgan fingerprint density at radius 3 is 2.65 bits per heavy atom. The summed E-state index contributed by atoms with van der Waals surface area (Å²) < 4.78 is 0.960. The van der Waals surface area contributed by atoms with Crippen LogP contribution in [0.15, 0.2) is 18.5 Å². The third-order valence-corrected chi connectivity index (χ3v) is 3.45. The van der Waals surface area contributed by atoms with Gasteiger partial charge in [-0.15, -0.1) is 0 Å². The lowest BCUT2D eigenvalue weighted by molar-refractivity contribution is 0.0919. The van der Waals surface area contributed by atoms with Crippen molar-refractivity contribution < 1.29 is 4.79 Å². The molecule has 94 valence electrons. The maximum Gasteiger partial charge on any atom is 0.252 e. The molecule has 1 amide bonds. The molecule has 0 saturated heterocycles. The fourth-order valence-corrected chi connectivity index (χ4v) is 1.59. The lowest BCUT2D eigenvalue weighted by atomic mass is 10.0. The number of nitrogens with zero attached hydrogens (tertiary/aromatic N) is 2. The number of likely N-dealkylation sites (N-methyl/N-ethyl adjacent to an activating group) is 1. The molecule has 1 N–H and O–H groups in total. The van der Waals surface area contributed by atoms with Crippen LogP contribution in [0, 0.1) is 3.57 Å². The number of carbonyl (C=O) groups excluding carboxylic acids is 1. The second-order valence-corrected chi connectivity index (χ2v) is 6.03. The Morgan fingerprint density at radius 2 is 2.12 bits per heavy atom. The quantitative estimate of drug-likeness (QED) is 0.845. The number of pyridine rings is 1. The number of carbonyl (C=O) groups is 1. The third-order valence-electron chi connectivity index (χ3n) is 2.86. The van der Waals surface area contributed by atoms with Gasteiger partial charge in [0, 0.05) is 28.0 Å². The first kappa shape index (κ1) is 14.4. The molecule has 1 rings (SSSR count). The Labute approximate surface area is 116 Å². The van der Waals surface area contributed by atoms with Crippen LogP contribution in [0.5, 0.6) is 0 Å². The molecule has 1 aromatic heterocycles. The van der Waals surface area contributed by atoms with Gasteiger partial charge in [-0.05, 0) is 56.6 Å². The molecule has 0 atom stereocenters. The van der Waals surface area contributed by atoms with Gasteiger partial charge in [0.25, 0.3) is 5.91 Å². The van der Waals surface area contributed by atoms with Crippen molar-refractivity contribution in [1.29, 1.82) is 0 Å². The van der Waals surface area contributed by atoms with E-state index >= 15 is 0 Å². The zero-order valence-electron chi connectivity index (χ0n) is 10.6. The second kappa shape index (κ2) is 5.77. The standard InChI is InChI=1S/C12H18IN3O/c1-12(2,16(3)4)8-15-11(17)9-5-10(13)7-14-6-9/h5-7H,8H2,1-4H3,(H,15,17). The van der Waals surface area contributed by atoms with E-state index in [9.17, 15) is 4.79 Å². The third kappa shape index (κ3) is 4.23. The largest absolute Gasteiger partial charge is 0.350 e. The van der Waals surface area contributed by atoms with Gasteiger partial charge in [-0.3, -0.25) is 9.78 Å². The maximum absolute atomic E-state index is 11.9. The number of aromatic nitrogens is 1. The van der Waals surface area contributed by atoms with E-state index in [1.807, 2.05) is 20.2 Å². The molecule has 0 bridgehead atoms. The molecular weight excluding hydrogens is 329 g/mol. The second-order valence-electron chi connectivity index (χ2n) is 4.78. The van der Waals surface area contributed by atoms with Crippen LogP contribution in [0.4, 0.5) is 0 Å². The molecule has 1 heterocycles. The molecule has 0 radical (unpaired) electrons. The highest BCUT2D eigenvalue weighted by atomic mass is 127. The van der Waals surface area contributed by atoms with Crippen LogP contribution < -0.4 is 5.32 Å². The van der Waals surface area contributed by atoms with E-state index < -0.39 is 0 Å². The molecule has 0 unspecified atom stereocenters. The van der Waals surface area contributed by atoms with Gasteiger partial charge >= 0.3 is 0 Å². The van der Waals surface area contributed by atoms with Crippen LogP contribution in [0.2, 0.25) is 0 Å². The maximum atomic E-state index is 11.9. The van der Waals surface area contributed by atoms with Crippen LogP contribution >= 0.6 is 22.6 Å². The van der Waals surface area contributed by atoms with Crippen molar-refractivity contribution in [2.24, 2.45) is 0 Å². The molecular formula is C12H18IN3O. The summed E-state index contributed by atoms with van der Waals surface area (Å²) >= 11 is 2.14. The average Bonchev–Trinajstić information content (AvgIpc) is 2.25. The van der Waals surface area contributed by atoms with E-state index in [4.69, 9.17) is 0 Å². The monoisotopic (exact) mass is 347 g/mol. The summed E-state index contributed by atoms with van der Waals surface area (Å²) in [4.78, 5) is 18.0. The van der Waals surface area contributed by atoms with E-state index in [2.05, 4.69) is 51.6 Å². The predicted octanol–water partition coefficient (Wildman–Crippen LogP) is 1.76. The van der Waals surface area contributed by atoms with Crippen LogP contribution in [-0.2, 0) is 0 Å². The Hall–Kier alpha value is -0.690. The summed E-state index contributed by atoms with van der Waals surface area (Å²) in [6, 6.07) is 1.82. The molecule has 0 aliphatic heterocycles. The SMILES string of the molecule is CN(C)C(C)(C)CNC(=O)c1cncc(I)c1. The number of rotatable bonds is 4. The number of hydrogen-bond acceptors (Lipinski definition) is 3. The zero-order chi connectivity index (χ0) is 13.1. The molecule has 0 saturated carbocycles. The van der Waals surface area contributed by atoms with Crippen molar-refractivity contribution >= 4 is 28.5 Å². The van der Waals surface area contributed by atoms with E-state index in [-0.39, 0.29) is 11.4 Å². The highest BCUT2D eigenvalue weighted by molar-refractivity contribution is 14.1. The predicted molar refractivity (Wildman–Crippen MR) is 77.1 cm³/mol. The molecule has 0 aromatic carbocycles. The van der Waals surface area contributed by atoms with Gasteiger partial charge in [0.05, 0.1) is 5.56 Å². The molecule has 0 fully saturated rings. The normalized spacial score (nSPS) is 11.6. The van der Waals surface area contributed by atoms with Gasteiger partial charge in [-0.1, -0.05) is 0 Å². The Bertz CT molecular complexity index is 404. The number of amides is 1. The number of nitrogens with one attached hydrogen (secondary N) is 1. The minimum absolute atomic E-state index is 0.0645. The number of halogens is 1. The van der Waals surface area contributed by atoms with Crippen molar-refractivity contribution in [3.8, 4) is 0 Å². The number of hydrogen-bond donors (Lipinski definition) is 1. The average molecular weight is 347 g/mol. The fraction of sp³-hybridized carbons (Fsp3) is 0.500. The lowest BCUT2D eigenvalue weighted by Gasteiger charge is -2.32. The molecule has 4 nitrogen and oxygen atoms in total. The van der Waals surface area contributed by atoms with Crippen molar-refractivity contribution in [2.75, 3.05) is 20.6 Å².